The summed E-state index contributed by atoms with van der Waals surface area (Å²) in [5, 5.41) is 12.7. The fourth-order valence-electron chi connectivity index (χ4n) is 3.44. The third-order valence-corrected chi connectivity index (χ3v) is 5.10. The van der Waals surface area contributed by atoms with E-state index in [0.717, 1.165) is 45.7 Å². The monoisotopic (exact) mass is 383 g/mol. The second-order valence-electron chi connectivity index (χ2n) is 7.10. The summed E-state index contributed by atoms with van der Waals surface area (Å²) in [5.41, 5.74) is 1.60. The van der Waals surface area contributed by atoms with E-state index in [1.165, 1.54) is 18.7 Å². The highest BCUT2D eigenvalue weighted by atomic mass is 16.5. The average Bonchev–Trinajstić information content (AvgIpc) is 2.73. The van der Waals surface area contributed by atoms with Crippen molar-refractivity contribution in [2.45, 2.75) is 13.0 Å². The van der Waals surface area contributed by atoms with E-state index in [1.54, 1.807) is 12.1 Å². The maximum absolute atomic E-state index is 12.3. The van der Waals surface area contributed by atoms with Gasteiger partial charge in [0.25, 0.3) is 5.91 Å². The Morgan fingerprint density at radius 2 is 1.79 bits per heavy atom. The predicted molar refractivity (Wildman–Crippen MR) is 110 cm³/mol. The average molecular weight is 383 g/mol. The summed E-state index contributed by atoms with van der Waals surface area (Å²) < 4.78 is 5.11. The van der Waals surface area contributed by atoms with Crippen LogP contribution in [0.3, 0.4) is 0 Å². The van der Waals surface area contributed by atoms with Gasteiger partial charge in [0.05, 0.1) is 12.7 Å². The van der Waals surface area contributed by atoms with Crippen LogP contribution < -0.4 is 10.1 Å². The fraction of sp³-hybridized carbons (Fsp3) is 0.409. The van der Waals surface area contributed by atoms with Crippen LogP contribution in [0.25, 0.3) is 0 Å². The molecule has 2 aromatic carbocycles. The normalized spacial score (nSPS) is 15.3. The highest BCUT2D eigenvalue weighted by Crippen LogP contribution is 2.22. The molecule has 1 heterocycles. The number of aromatic hydroxyl groups is 1. The van der Waals surface area contributed by atoms with Gasteiger partial charge >= 0.3 is 0 Å². The molecule has 0 aliphatic carbocycles. The van der Waals surface area contributed by atoms with Gasteiger partial charge in [0.2, 0.25) is 0 Å². The van der Waals surface area contributed by atoms with E-state index in [0.29, 0.717) is 12.3 Å². The number of piperazine rings is 1. The molecule has 0 aromatic heterocycles. The summed E-state index contributed by atoms with van der Waals surface area (Å²) in [4.78, 5) is 17.2. The molecule has 0 atom stereocenters. The van der Waals surface area contributed by atoms with E-state index in [1.807, 2.05) is 0 Å². The zero-order valence-electron chi connectivity index (χ0n) is 16.4. The lowest BCUT2D eigenvalue weighted by molar-refractivity contribution is 0.0944. The Morgan fingerprint density at radius 3 is 2.50 bits per heavy atom. The molecule has 0 saturated carbocycles. The number of rotatable bonds is 8. The van der Waals surface area contributed by atoms with Gasteiger partial charge < -0.3 is 20.1 Å². The second kappa shape index (κ2) is 10.1. The standard InChI is InChI=1S/C22H29N3O3/c1-28-19-8-9-21(26)20(16-19)22(27)23-10-5-11-24-12-14-25(15-13-24)17-18-6-3-2-4-7-18/h2-4,6-9,16,26H,5,10-15,17H2,1H3,(H,23,27). The highest BCUT2D eigenvalue weighted by molar-refractivity contribution is 5.97. The van der Waals surface area contributed by atoms with Crippen LogP contribution in [0.15, 0.2) is 48.5 Å². The number of hydrogen-bond donors (Lipinski definition) is 2. The van der Waals surface area contributed by atoms with Crippen LogP contribution in [0.1, 0.15) is 22.3 Å². The minimum atomic E-state index is -0.274. The number of methoxy groups -OCH3 is 1. The van der Waals surface area contributed by atoms with Crippen molar-refractivity contribution < 1.29 is 14.6 Å². The van der Waals surface area contributed by atoms with Gasteiger partial charge in [0.1, 0.15) is 11.5 Å². The van der Waals surface area contributed by atoms with Gasteiger partial charge in [-0.05, 0) is 36.7 Å². The second-order valence-corrected chi connectivity index (χ2v) is 7.10. The predicted octanol–water partition coefficient (Wildman–Crippen LogP) is 2.34. The maximum Gasteiger partial charge on any atom is 0.255 e. The number of carbonyl (C=O) groups excluding carboxylic acids is 1. The van der Waals surface area contributed by atoms with E-state index < -0.39 is 0 Å². The molecular weight excluding hydrogens is 354 g/mol. The molecule has 0 spiro atoms. The van der Waals surface area contributed by atoms with Crippen molar-refractivity contribution in [3.8, 4) is 11.5 Å². The lowest BCUT2D eigenvalue weighted by atomic mass is 10.1. The lowest BCUT2D eigenvalue weighted by Crippen LogP contribution is -2.46. The summed E-state index contributed by atoms with van der Waals surface area (Å²) in [6.45, 7) is 6.80. The molecule has 1 amide bonds. The van der Waals surface area contributed by atoms with Gasteiger partial charge in [-0.3, -0.25) is 9.69 Å². The first-order valence-corrected chi connectivity index (χ1v) is 9.79. The first-order valence-electron chi connectivity index (χ1n) is 9.79. The Balaban J connectivity index is 1.34. The zero-order valence-corrected chi connectivity index (χ0v) is 16.4. The molecule has 1 saturated heterocycles. The first-order chi connectivity index (χ1) is 13.7. The lowest BCUT2D eigenvalue weighted by Gasteiger charge is -2.34. The number of amides is 1. The summed E-state index contributed by atoms with van der Waals surface area (Å²) in [7, 11) is 1.54. The molecule has 0 radical (unpaired) electrons. The van der Waals surface area contributed by atoms with E-state index >= 15 is 0 Å². The molecule has 0 bridgehead atoms. The third kappa shape index (κ3) is 5.71. The Morgan fingerprint density at radius 1 is 1.07 bits per heavy atom. The topological polar surface area (TPSA) is 65.0 Å². The Labute approximate surface area is 166 Å². The number of hydrogen-bond acceptors (Lipinski definition) is 5. The Hall–Kier alpha value is -2.57. The first kappa shape index (κ1) is 20.2. The number of phenols is 1. The smallest absolute Gasteiger partial charge is 0.255 e. The SMILES string of the molecule is COc1ccc(O)c(C(=O)NCCCN2CCN(Cc3ccccc3)CC2)c1. The van der Waals surface area contributed by atoms with Gasteiger partial charge in [-0.25, -0.2) is 0 Å². The van der Waals surface area contributed by atoms with Crippen LogP contribution in [-0.4, -0.2) is 67.2 Å². The Kier molecular flexibility index (Phi) is 7.28. The van der Waals surface area contributed by atoms with Gasteiger partial charge in [0, 0.05) is 39.3 Å². The van der Waals surface area contributed by atoms with E-state index in [9.17, 15) is 9.90 Å². The van der Waals surface area contributed by atoms with Crippen molar-refractivity contribution in [2.75, 3.05) is 46.4 Å². The van der Waals surface area contributed by atoms with Crippen LogP contribution in [0.2, 0.25) is 0 Å². The third-order valence-electron chi connectivity index (χ3n) is 5.10. The molecule has 6 nitrogen and oxygen atoms in total. The molecule has 3 rings (SSSR count). The summed E-state index contributed by atoms with van der Waals surface area (Å²) in [6, 6.07) is 15.2. The molecule has 1 aliphatic rings. The number of nitrogens with one attached hydrogen (secondary N) is 1. The van der Waals surface area contributed by atoms with E-state index in [4.69, 9.17) is 4.74 Å². The molecular formula is C22H29N3O3. The fourth-order valence-corrected chi connectivity index (χ4v) is 3.44. The van der Waals surface area contributed by atoms with E-state index in [-0.39, 0.29) is 17.2 Å². The zero-order chi connectivity index (χ0) is 19.8. The number of phenolic OH excluding ortho intramolecular Hbond substituents is 1. The molecule has 1 aliphatic heterocycles. The molecule has 2 N–H and O–H groups in total. The maximum atomic E-state index is 12.3. The van der Waals surface area contributed by atoms with Crippen LogP contribution >= 0.6 is 0 Å². The van der Waals surface area contributed by atoms with E-state index in [2.05, 4.69) is 45.4 Å². The largest absolute Gasteiger partial charge is 0.507 e. The molecule has 28 heavy (non-hydrogen) atoms. The van der Waals surface area contributed by atoms with Crippen molar-refractivity contribution in [1.29, 1.82) is 0 Å². The van der Waals surface area contributed by atoms with Crippen molar-refractivity contribution >= 4 is 5.91 Å². The quantitative estimate of drug-likeness (QED) is 0.685. The summed E-state index contributed by atoms with van der Waals surface area (Å²) in [6.07, 6.45) is 0.884. The van der Waals surface area contributed by atoms with Crippen molar-refractivity contribution in [3.63, 3.8) is 0 Å². The molecule has 6 heteroatoms. The number of nitrogens with zero attached hydrogens (tertiary/aromatic N) is 2. The minimum Gasteiger partial charge on any atom is -0.507 e. The van der Waals surface area contributed by atoms with Gasteiger partial charge in [-0.15, -0.1) is 0 Å². The number of ether oxygens (including phenoxy) is 1. The Bertz CT molecular complexity index is 759. The minimum absolute atomic E-state index is 0.0344. The number of benzene rings is 2. The van der Waals surface area contributed by atoms with Crippen molar-refractivity contribution in [2.24, 2.45) is 0 Å². The summed E-state index contributed by atoms with van der Waals surface area (Å²) in [5.74, 6) is 0.244. The highest BCUT2D eigenvalue weighted by Gasteiger charge is 2.17. The summed E-state index contributed by atoms with van der Waals surface area (Å²) >= 11 is 0. The van der Waals surface area contributed by atoms with Crippen LogP contribution in [0, 0.1) is 0 Å². The van der Waals surface area contributed by atoms with Gasteiger partial charge in [-0.2, -0.15) is 0 Å². The molecule has 0 unspecified atom stereocenters. The molecule has 150 valence electrons. The van der Waals surface area contributed by atoms with Crippen LogP contribution in [-0.2, 0) is 6.54 Å². The van der Waals surface area contributed by atoms with Crippen LogP contribution in [0.4, 0.5) is 0 Å². The van der Waals surface area contributed by atoms with Gasteiger partial charge in [-0.1, -0.05) is 30.3 Å². The van der Waals surface area contributed by atoms with Crippen molar-refractivity contribution in [1.82, 2.24) is 15.1 Å². The molecule has 1 fully saturated rings. The number of carbonyl (C=O) groups is 1. The molecule has 2 aromatic rings. The van der Waals surface area contributed by atoms with Gasteiger partial charge in [0.15, 0.2) is 0 Å². The van der Waals surface area contributed by atoms with Crippen LogP contribution in [0.5, 0.6) is 11.5 Å². The van der Waals surface area contributed by atoms with Crippen molar-refractivity contribution in [3.05, 3.63) is 59.7 Å².